The molecule has 8 heteroatoms. The van der Waals surface area contributed by atoms with Crippen LogP contribution in [0, 0.1) is 27.9 Å². The Morgan fingerprint density at radius 1 is 1.21 bits per heavy atom. The first kappa shape index (κ1) is 16.7. The third-order valence-corrected chi connectivity index (χ3v) is 4.25. The van der Waals surface area contributed by atoms with Crippen LogP contribution in [-0.4, -0.2) is 12.2 Å². The fourth-order valence-electron chi connectivity index (χ4n) is 2.36. The summed E-state index contributed by atoms with van der Waals surface area (Å²) in [7, 11) is 0. The van der Waals surface area contributed by atoms with Gasteiger partial charge in [-0.3, -0.25) is 0 Å². The molecule has 0 bridgehead atoms. The maximum Gasteiger partial charge on any atom is 0.347 e. The van der Waals surface area contributed by atoms with Gasteiger partial charge in [0.25, 0.3) is 0 Å². The molecule has 2 aromatic carbocycles. The van der Waals surface area contributed by atoms with Crippen molar-refractivity contribution in [1.82, 2.24) is 0 Å². The van der Waals surface area contributed by atoms with E-state index < -0.39 is 29.3 Å². The van der Waals surface area contributed by atoms with Crippen LogP contribution >= 0.6 is 22.6 Å². The first-order valence-corrected chi connectivity index (χ1v) is 7.91. The van der Waals surface area contributed by atoms with E-state index in [0.29, 0.717) is 5.69 Å². The molecule has 1 unspecified atom stereocenters. The van der Waals surface area contributed by atoms with E-state index in [0.717, 1.165) is 21.4 Å². The van der Waals surface area contributed by atoms with Crippen molar-refractivity contribution in [3.05, 3.63) is 56.4 Å². The zero-order valence-electron chi connectivity index (χ0n) is 12.2. The molecule has 4 nitrogen and oxygen atoms in total. The van der Waals surface area contributed by atoms with Crippen molar-refractivity contribution in [2.45, 2.75) is 12.8 Å². The Hall–Kier alpha value is -2.10. The molecule has 0 amide bonds. The van der Waals surface area contributed by atoms with E-state index >= 15 is 0 Å². The van der Waals surface area contributed by atoms with Gasteiger partial charge in [0.2, 0.25) is 0 Å². The number of rotatable bonds is 3. The summed E-state index contributed by atoms with van der Waals surface area (Å²) in [5, 5.41) is 6.09. The molecular formula is C16H10F3IN2O2. The largest absolute Gasteiger partial charge is 0.353 e. The molecule has 1 heterocycles. The SMILES string of the molecule is Cc1cc(I)ccc1Nc1c(C2C=NOC2=O)cc(F)c(F)c1F. The fraction of sp³-hybridized carbons (Fsp3) is 0.125. The fourth-order valence-corrected chi connectivity index (χ4v) is 3.00. The summed E-state index contributed by atoms with van der Waals surface area (Å²) in [6.07, 6.45) is 1.11. The predicted octanol–water partition coefficient (Wildman–Crippen LogP) is 4.39. The molecule has 1 N–H and O–H groups in total. The topological polar surface area (TPSA) is 50.7 Å². The van der Waals surface area contributed by atoms with Gasteiger partial charge in [-0.25, -0.2) is 18.0 Å². The molecule has 1 aliphatic heterocycles. The summed E-state index contributed by atoms with van der Waals surface area (Å²) in [6, 6.07) is 6.07. The van der Waals surface area contributed by atoms with Crippen molar-refractivity contribution in [3.63, 3.8) is 0 Å². The Kier molecular flexibility index (Phi) is 4.48. The number of carbonyl (C=O) groups is 1. The minimum atomic E-state index is -1.62. The molecular weight excluding hydrogens is 436 g/mol. The zero-order chi connectivity index (χ0) is 17.4. The van der Waals surface area contributed by atoms with Crippen LogP contribution in [0.1, 0.15) is 17.0 Å². The van der Waals surface area contributed by atoms with Crippen LogP contribution in [0.2, 0.25) is 0 Å². The third kappa shape index (κ3) is 2.97. The summed E-state index contributed by atoms with van der Waals surface area (Å²) in [6.45, 7) is 1.78. The highest BCUT2D eigenvalue weighted by Crippen LogP contribution is 2.35. The second kappa shape index (κ2) is 6.42. The van der Waals surface area contributed by atoms with E-state index in [4.69, 9.17) is 0 Å². The molecule has 1 atom stereocenters. The normalized spacial score (nSPS) is 16.4. The number of aryl methyl sites for hydroxylation is 1. The summed E-state index contributed by atoms with van der Waals surface area (Å²) in [4.78, 5) is 16.1. The van der Waals surface area contributed by atoms with Gasteiger partial charge in [-0.05, 0) is 59.3 Å². The molecule has 0 spiro atoms. The van der Waals surface area contributed by atoms with Crippen molar-refractivity contribution in [3.8, 4) is 0 Å². The number of carbonyl (C=O) groups excluding carboxylic acids is 1. The van der Waals surface area contributed by atoms with Gasteiger partial charge >= 0.3 is 5.97 Å². The molecule has 124 valence electrons. The number of hydrogen-bond acceptors (Lipinski definition) is 4. The summed E-state index contributed by atoms with van der Waals surface area (Å²) < 4.78 is 42.6. The number of nitrogens with zero attached hydrogens (tertiary/aromatic N) is 1. The van der Waals surface area contributed by atoms with Crippen molar-refractivity contribution in [2.75, 3.05) is 5.32 Å². The van der Waals surface area contributed by atoms with Gasteiger partial charge in [0, 0.05) is 14.8 Å². The van der Waals surface area contributed by atoms with Crippen LogP contribution in [0.15, 0.2) is 29.4 Å². The van der Waals surface area contributed by atoms with Crippen molar-refractivity contribution in [1.29, 1.82) is 0 Å². The van der Waals surface area contributed by atoms with Gasteiger partial charge in [0.1, 0.15) is 5.92 Å². The Labute approximate surface area is 148 Å². The average Bonchev–Trinajstić information content (AvgIpc) is 2.95. The highest BCUT2D eigenvalue weighted by atomic mass is 127. The van der Waals surface area contributed by atoms with Crippen LogP contribution in [0.25, 0.3) is 0 Å². The summed E-state index contributed by atoms with van der Waals surface area (Å²) >= 11 is 2.12. The number of anilines is 2. The second-order valence-electron chi connectivity index (χ2n) is 5.18. The molecule has 3 rings (SSSR count). The number of hydrogen-bond donors (Lipinski definition) is 1. The lowest BCUT2D eigenvalue weighted by molar-refractivity contribution is -0.141. The maximum absolute atomic E-state index is 14.3. The Bertz CT molecular complexity index is 871. The number of benzene rings is 2. The quantitative estimate of drug-likeness (QED) is 0.433. The summed E-state index contributed by atoms with van der Waals surface area (Å²) in [5.74, 6) is -6.31. The highest BCUT2D eigenvalue weighted by Gasteiger charge is 2.32. The van der Waals surface area contributed by atoms with E-state index in [1.165, 1.54) is 0 Å². The lowest BCUT2D eigenvalue weighted by Crippen LogP contribution is -2.14. The molecule has 0 aliphatic carbocycles. The average molecular weight is 446 g/mol. The van der Waals surface area contributed by atoms with E-state index in [1.807, 2.05) is 6.07 Å². The number of oxime groups is 1. The second-order valence-corrected chi connectivity index (χ2v) is 6.42. The first-order chi connectivity index (χ1) is 11.4. The predicted molar refractivity (Wildman–Crippen MR) is 90.8 cm³/mol. The van der Waals surface area contributed by atoms with Crippen LogP contribution < -0.4 is 5.32 Å². The standard InChI is InChI=1S/C16H10F3IN2O2/c1-7-4-8(20)2-3-12(7)22-15-9(10-6-21-24-16(10)23)5-11(17)13(18)14(15)19/h2-6,10,22H,1H3. The molecule has 0 radical (unpaired) electrons. The van der Waals surface area contributed by atoms with Gasteiger partial charge in [0.15, 0.2) is 17.5 Å². The lowest BCUT2D eigenvalue weighted by Gasteiger charge is -2.17. The van der Waals surface area contributed by atoms with E-state index in [2.05, 4.69) is 37.9 Å². The Balaban J connectivity index is 2.13. The zero-order valence-corrected chi connectivity index (χ0v) is 14.4. The Morgan fingerprint density at radius 3 is 2.58 bits per heavy atom. The van der Waals surface area contributed by atoms with Gasteiger partial charge in [-0.2, -0.15) is 0 Å². The molecule has 1 aliphatic rings. The minimum Gasteiger partial charge on any atom is -0.353 e. The van der Waals surface area contributed by atoms with Crippen LogP contribution in [0.4, 0.5) is 24.5 Å². The number of nitrogens with one attached hydrogen (secondary N) is 1. The van der Waals surface area contributed by atoms with E-state index in [-0.39, 0.29) is 11.3 Å². The van der Waals surface area contributed by atoms with Gasteiger partial charge < -0.3 is 10.2 Å². The maximum atomic E-state index is 14.3. The highest BCUT2D eigenvalue weighted by molar-refractivity contribution is 14.1. The Morgan fingerprint density at radius 2 is 1.96 bits per heavy atom. The molecule has 0 aromatic heterocycles. The van der Waals surface area contributed by atoms with Gasteiger partial charge in [-0.1, -0.05) is 5.16 Å². The third-order valence-electron chi connectivity index (χ3n) is 3.58. The van der Waals surface area contributed by atoms with Gasteiger partial charge in [0.05, 0.1) is 11.9 Å². The van der Waals surface area contributed by atoms with Crippen molar-refractivity contribution < 1.29 is 22.8 Å². The minimum absolute atomic E-state index is 0.0874. The molecule has 0 saturated heterocycles. The van der Waals surface area contributed by atoms with E-state index in [9.17, 15) is 18.0 Å². The molecule has 24 heavy (non-hydrogen) atoms. The van der Waals surface area contributed by atoms with Gasteiger partial charge in [-0.15, -0.1) is 0 Å². The van der Waals surface area contributed by atoms with Crippen molar-refractivity contribution >= 4 is 46.1 Å². The molecule has 0 fully saturated rings. The smallest absolute Gasteiger partial charge is 0.347 e. The van der Waals surface area contributed by atoms with Crippen LogP contribution in [0.5, 0.6) is 0 Å². The summed E-state index contributed by atoms with van der Waals surface area (Å²) in [5.41, 5.74) is 0.869. The molecule has 0 saturated carbocycles. The van der Waals surface area contributed by atoms with Crippen LogP contribution in [-0.2, 0) is 9.63 Å². The number of halogens is 4. The van der Waals surface area contributed by atoms with Crippen LogP contribution in [0.3, 0.4) is 0 Å². The van der Waals surface area contributed by atoms with E-state index in [1.54, 1.807) is 19.1 Å². The lowest BCUT2D eigenvalue weighted by atomic mass is 9.97. The monoisotopic (exact) mass is 446 g/mol. The van der Waals surface area contributed by atoms with Crippen molar-refractivity contribution in [2.24, 2.45) is 5.16 Å². The molecule has 2 aromatic rings. The first-order valence-electron chi connectivity index (χ1n) is 6.83.